The van der Waals surface area contributed by atoms with E-state index in [9.17, 15) is 13.2 Å². The molecule has 1 saturated carbocycles. The average Bonchev–Trinajstić information content (AvgIpc) is 3.14. The van der Waals surface area contributed by atoms with Gasteiger partial charge in [0.25, 0.3) is 0 Å². The van der Waals surface area contributed by atoms with Crippen molar-refractivity contribution in [3.63, 3.8) is 0 Å². The van der Waals surface area contributed by atoms with Gasteiger partial charge in [-0.1, -0.05) is 0 Å². The molecule has 146 valence electrons. The third-order valence-electron chi connectivity index (χ3n) is 5.78. The van der Waals surface area contributed by atoms with E-state index in [0.717, 1.165) is 0 Å². The van der Waals surface area contributed by atoms with Gasteiger partial charge in [-0.05, 0) is 34.1 Å². The molecule has 2 atom stereocenters. The van der Waals surface area contributed by atoms with Crippen molar-refractivity contribution < 1.29 is 26.9 Å². The van der Waals surface area contributed by atoms with Crippen LogP contribution < -0.4 is 0 Å². The average molecular weight is 385 g/mol. The normalized spacial score (nSPS) is 26.7. The second-order valence-electron chi connectivity index (χ2n) is 8.31. The summed E-state index contributed by atoms with van der Waals surface area (Å²) in [6.45, 7) is 6.40. The third kappa shape index (κ3) is 3.12. The molecule has 1 saturated heterocycles. The molecule has 0 bridgehead atoms. The molecule has 2 aliphatic rings. The summed E-state index contributed by atoms with van der Waals surface area (Å²) in [5.41, 5.74) is -1.01. The lowest BCUT2D eigenvalue weighted by Gasteiger charge is -2.32. The minimum Gasteiger partial charge on any atom is -0.403 e. The van der Waals surface area contributed by atoms with Gasteiger partial charge in [0.05, 0.1) is 23.1 Å². The molecule has 1 aliphatic carbocycles. The quantitative estimate of drug-likeness (QED) is 0.590. The molecular weight excluding hydrogens is 365 g/mol. The number of fused-ring (bicyclic) bond motifs is 1. The van der Waals surface area contributed by atoms with E-state index in [-0.39, 0.29) is 28.3 Å². The van der Waals surface area contributed by atoms with Crippen LogP contribution in [-0.4, -0.2) is 39.3 Å². The first-order valence-corrected chi connectivity index (χ1v) is 8.82. The Bertz CT molecular complexity index is 880. The van der Waals surface area contributed by atoms with Crippen LogP contribution in [0.5, 0.6) is 0 Å². The van der Waals surface area contributed by atoms with E-state index in [1.165, 1.54) is 12.4 Å². The van der Waals surface area contributed by atoms with Gasteiger partial charge in [0, 0.05) is 23.3 Å². The summed E-state index contributed by atoms with van der Waals surface area (Å²) in [5, 5.41) is 3.91. The first kappa shape index (κ1) is 18.7. The maximum atomic E-state index is 15.0. The van der Waals surface area contributed by atoms with Crippen molar-refractivity contribution in [1.29, 1.82) is 0 Å². The molecule has 2 aromatic rings. The van der Waals surface area contributed by atoms with Crippen LogP contribution in [0.3, 0.4) is 0 Å². The van der Waals surface area contributed by atoms with Crippen LogP contribution in [0.15, 0.2) is 12.4 Å². The molecule has 0 N–H and O–H groups in total. The van der Waals surface area contributed by atoms with Gasteiger partial charge in [-0.2, -0.15) is 18.3 Å². The first-order chi connectivity index (χ1) is 12.4. The summed E-state index contributed by atoms with van der Waals surface area (Å²) >= 11 is 0. The van der Waals surface area contributed by atoms with Gasteiger partial charge in [0.1, 0.15) is 12.1 Å². The Morgan fingerprint density at radius 3 is 2.41 bits per heavy atom. The highest BCUT2D eigenvalue weighted by atomic mass is 19.4. The van der Waals surface area contributed by atoms with Crippen molar-refractivity contribution in [2.45, 2.75) is 69.8 Å². The van der Waals surface area contributed by atoms with Gasteiger partial charge in [0.2, 0.25) is 0 Å². The predicted octanol–water partition coefficient (Wildman–Crippen LogP) is 4.08. The summed E-state index contributed by atoms with van der Waals surface area (Å²) in [6.07, 6.45) is -1.31. The largest absolute Gasteiger partial charge is 0.461 e. The first-order valence-electron chi connectivity index (χ1n) is 8.82. The van der Waals surface area contributed by atoms with Crippen LogP contribution in [0.4, 0.5) is 17.6 Å². The maximum Gasteiger partial charge on any atom is 0.461 e. The van der Waals surface area contributed by atoms with E-state index in [4.69, 9.17) is 9.31 Å². The maximum absolute atomic E-state index is 15.0. The molecular formula is C17H20BF4N3O2. The van der Waals surface area contributed by atoms with Gasteiger partial charge in [-0.3, -0.25) is 9.67 Å². The van der Waals surface area contributed by atoms with Crippen molar-refractivity contribution in [3.8, 4) is 0 Å². The van der Waals surface area contributed by atoms with Gasteiger partial charge in [-0.15, -0.1) is 0 Å². The monoisotopic (exact) mass is 385 g/mol. The second-order valence-corrected chi connectivity index (χ2v) is 8.31. The lowest BCUT2D eigenvalue weighted by molar-refractivity contribution is -0.141. The van der Waals surface area contributed by atoms with E-state index in [1.54, 1.807) is 0 Å². The van der Waals surface area contributed by atoms with Gasteiger partial charge in [0.15, 0.2) is 5.82 Å². The smallest absolute Gasteiger partial charge is 0.403 e. The Hall–Kier alpha value is -1.68. The fraction of sp³-hybridized carbons (Fsp3) is 0.647. The molecule has 27 heavy (non-hydrogen) atoms. The lowest BCUT2D eigenvalue weighted by Crippen LogP contribution is -2.41. The number of alkyl halides is 3. The Balaban J connectivity index is 1.61. The molecule has 10 heteroatoms. The minimum atomic E-state index is -4.49. The van der Waals surface area contributed by atoms with Crippen LogP contribution >= 0.6 is 0 Å². The SMILES string of the molecule is CC1(C)OB([C@H]2CC2c2ncc3cnn(CC(F)(F)F)c3c2F)OC1(C)C. The standard InChI is InChI=1S/C17H20BF4N3O2/c1-15(2)16(3,4)27-18(26-15)11-5-10(11)13-12(19)14-9(6-23-13)7-24-25(14)8-17(20,21)22/h6-7,10-11H,5,8H2,1-4H3/t10?,11-/m0/s1. The van der Waals surface area contributed by atoms with Crippen LogP contribution in [-0.2, 0) is 15.9 Å². The number of rotatable bonds is 3. The Kier molecular flexibility index (Phi) is 3.92. The number of aromatic nitrogens is 3. The van der Waals surface area contributed by atoms with E-state index in [0.29, 0.717) is 11.1 Å². The van der Waals surface area contributed by atoms with Crippen molar-refractivity contribution in [3.05, 3.63) is 23.9 Å². The van der Waals surface area contributed by atoms with Crippen molar-refractivity contribution in [2.24, 2.45) is 0 Å². The van der Waals surface area contributed by atoms with Gasteiger partial charge in [-0.25, -0.2) is 4.39 Å². The predicted molar refractivity (Wildman–Crippen MR) is 90.7 cm³/mol. The number of pyridine rings is 1. The zero-order valence-electron chi connectivity index (χ0n) is 15.5. The molecule has 0 radical (unpaired) electrons. The number of halogens is 4. The third-order valence-corrected chi connectivity index (χ3v) is 5.78. The minimum absolute atomic E-state index is 0.0792. The second kappa shape index (κ2) is 5.67. The molecule has 4 rings (SSSR count). The van der Waals surface area contributed by atoms with Crippen LogP contribution in [0.1, 0.15) is 45.7 Å². The molecule has 1 unspecified atom stereocenters. The molecule has 2 aromatic heterocycles. The zero-order chi connectivity index (χ0) is 19.8. The van der Waals surface area contributed by atoms with Crippen LogP contribution in [0.25, 0.3) is 10.9 Å². The number of hydrogen-bond donors (Lipinski definition) is 0. The van der Waals surface area contributed by atoms with Crippen LogP contribution in [0.2, 0.25) is 5.82 Å². The molecule has 0 aromatic carbocycles. The molecule has 5 nitrogen and oxygen atoms in total. The van der Waals surface area contributed by atoms with Crippen molar-refractivity contribution in [1.82, 2.24) is 14.8 Å². The Labute approximate surface area is 154 Å². The fourth-order valence-electron chi connectivity index (χ4n) is 3.49. The summed E-state index contributed by atoms with van der Waals surface area (Å²) in [7, 11) is -0.489. The van der Waals surface area contributed by atoms with Crippen molar-refractivity contribution >= 4 is 18.0 Å². The summed E-state index contributed by atoms with van der Waals surface area (Å²) < 4.78 is 65.9. The Morgan fingerprint density at radius 2 is 1.81 bits per heavy atom. The van der Waals surface area contributed by atoms with Crippen LogP contribution in [0, 0.1) is 5.82 Å². The molecule has 0 amide bonds. The Morgan fingerprint density at radius 1 is 1.19 bits per heavy atom. The van der Waals surface area contributed by atoms with E-state index >= 15 is 4.39 Å². The van der Waals surface area contributed by atoms with Crippen molar-refractivity contribution in [2.75, 3.05) is 0 Å². The summed E-state index contributed by atoms with van der Waals surface area (Å²) in [5.74, 6) is -1.08. The lowest BCUT2D eigenvalue weighted by atomic mass is 9.80. The molecule has 1 aliphatic heterocycles. The van der Waals surface area contributed by atoms with E-state index in [2.05, 4.69) is 10.1 Å². The molecule has 0 spiro atoms. The summed E-state index contributed by atoms with van der Waals surface area (Å²) in [4.78, 5) is 4.15. The van der Waals surface area contributed by atoms with E-state index in [1.807, 2.05) is 27.7 Å². The topological polar surface area (TPSA) is 49.2 Å². The molecule has 2 fully saturated rings. The van der Waals surface area contributed by atoms with Gasteiger partial charge < -0.3 is 9.31 Å². The highest BCUT2D eigenvalue weighted by Gasteiger charge is 2.60. The zero-order valence-corrected chi connectivity index (χ0v) is 15.5. The van der Waals surface area contributed by atoms with Gasteiger partial charge >= 0.3 is 13.3 Å². The molecule has 3 heterocycles. The summed E-state index contributed by atoms with van der Waals surface area (Å²) in [6, 6.07) is 0. The highest BCUT2D eigenvalue weighted by molar-refractivity contribution is 6.49. The highest BCUT2D eigenvalue weighted by Crippen LogP contribution is 2.58. The van der Waals surface area contributed by atoms with E-state index < -0.39 is 36.9 Å². The number of nitrogens with zero attached hydrogens (tertiary/aromatic N) is 3. The number of hydrogen-bond acceptors (Lipinski definition) is 4. The fourth-order valence-corrected chi connectivity index (χ4v) is 3.49.